The first kappa shape index (κ1) is 29.7. The predicted octanol–water partition coefficient (Wildman–Crippen LogP) is 5.37. The van der Waals surface area contributed by atoms with Crippen molar-refractivity contribution in [2.45, 2.75) is 65.6 Å². The van der Waals surface area contributed by atoms with Crippen LogP contribution in [0.25, 0.3) is 0 Å². The second-order valence-corrected chi connectivity index (χ2v) is 11.3. The minimum absolute atomic E-state index is 0.0199. The van der Waals surface area contributed by atoms with Crippen molar-refractivity contribution in [3.63, 3.8) is 0 Å². The van der Waals surface area contributed by atoms with Crippen LogP contribution in [0.15, 0.2) is 47.3 Å². The van der Waals surface area contributed by atoms with Gasteiger partial charge in [-0.05, 0) is 82.9 Å². The van der Waals surface area contributed by atoms with E-state index in [1.54, 1.807) is 51.7 Å². The van der Waals surface area contributed by atoms with Gasteiger partial charge in [-0.1, -0.05) is 23.7 Å². The number of aromatic nitrogens is 2. The Hall–Kier alpha value is -4.23. The molecule has 0 spiro atoms. The number of nitrogens with one attached hydrogen (secondary N) is 2. The molecule has 214 valence electrons. The van der Waals surface area contributed by atoms with Gasteiger partial charge in [0.15, 0.2) is 17.3 Å². The molecule has 1 unspecified atom stereocenters. The standard InChI is InChI=1S/C30H31ClFN5O4/c1-16-11-20(14-22(32)26(16)41-24-12-17(2)35-36-28(24)39)27(38)34-18(3)29(40)37-23(19-7-6-8-21(31)13-19)9-10-25(37)30(4,5)15-33/h6-8,11-14,18,23,25H,9-10H2,1-5H3,(H,34,38)(H,36,39)/t18-,23+,25?/m1/s1. The lowest BCUT2D eigenvalue weighted by Gasteiger charge is -2.38. The van der Waals surface area contributed by atoms with E-state index >= 15 is 4.39 Å². The number of benzene rings is 2. The molecule has 2 amide bonds. The molecule has 11 heteroatoms. The summed E-state index contributed by atoms with van der Waals surface area (Å²) in [6.45, 7) is 8.32. The number of aromatic amines is 1. The number of halogens is 2. The van der Waals surface area contributed by atoms with Gasteiger partial charge < -0.3 is 15.0 Å². The lowest BCUT2D eigenvalue weighted by molar-refractivity contribution is -0.137. The minimum Gasteiger partial charge on any atom is -0.448 e. The molecular weight excluding hydrogens is 549 g/mol. The Labute approximate surface area is 242 Å². The normalized spacial score (nSPS) is 17.6. The summed E-state index contributed by atoms with van der Waals surface area (Å²) in [6, 6.07) is 11.7. The Bertz CT molecular complexity index is 1580. The third-order valence-electron chi connectivity index (χ3n) is 7.31. The van der Waals surface area contributed by atoms with Crippen LogP contribution >= 0.6 is 11.6 Å². The highest BCUT2D eigenvalue weighted by Crippen LogP contribution is 2.43. The highest BCUT2D eigenvalue weighted by molar-refractivity contribution is 6.30. The summed E-state index contributed by atoms with van der Waals surface area (Å²) >= 11 is 6.23. The molecule has 0 bridgehead atoms. The fourth-order valence-corrected chi connectivity index (χ4v) is 5.37. The number of hydrogen-bond donors (Lipinski definition) is 2. The third kappa shape index (κ3) is 6.25. The van der Waals surface area contributed by atoms with Crippen LogP contribution in [-0.2, 0) is 4.79 Å². The molecule has 2 N–H and O–H groups in total. The number of nitrogens with zero attached hydrogens (tertiary/aromatic N) is 3. The van der Waals surface area contributed by atoms with Crippen LogP contribution in [0.1, 0.15) is 66.8 Å². The Morgan fingerprint density at radius 1 is 1.24 bits per heavy atom. The Morgan fingerprint density at radius 3 is 2.63 bits per heavy atom. The van der Waals surface area contributed by atoms with Crippen LogP contribution in [0.4, 0.5) is 4.39 Å². The zero-order chi connectivity index (χ0) is 30.1. The van der Waals surface area contributed by atoms with E-state index in [-0.39, 0.29) is 40.6 Å². The molecule has 1 saturated heterocycles. The second-order valence-electron chi connectivity index (χ2n) is 10.8. The smallest absolute Gasteiger partial charge is 0.307 e. The van der Waals surface area contributed by atoms with Crippen LogP contribution in [0.2, 0.25) is 5.02 Å². The summed E-state index contributed by atoms with van der Waals surface area (Å²) in [5, 5.41) is 19.1. The topological polar surface area (TPSA) is 128 Å². The Balaban J connectivity index is 1.56. The number of rotatable bonds is 7. The molecule has 1 aliphatic heterocycles. The SMILES string of the molecule is Cc1cc(Oc2c(C)cc(C(=O)N[C@H](C)C(=O)N3C(C(C)(C)C#N)CC[C@H]3c3cccc(Cl)c3)cc2F)c(=O)[nH]n1. The van der Waals surface area contributed by atoms with Crippen molar-refractivity contribution in [3.05, 3.63) is 86.0 Å². The van der Waals surface area contributed by atoms with Gasteiger partial charge in [-0.25, -0.2) is 9.49 Å². The highest BCUT2D eigenvalue weighted by Gasteiger charge is 2.46. The third-order valence-corrected chi connectivity index (χ3v) is 7.55. The molecule has 3 aromatic rings. The van der Waals surface area contributed by atoms with E-state index in [1.165, 1.54) is 12.1 Å². The number of H-pyrrole nitrogens is 1. The highest BCUT2D eigenvalue weighted by atomic mass is 35.5. The van der Waals surface area contributed by atoms with Gasteiger partial charge in [-0.2, -0.15) is 10.4 Å². The summed E-state index contributed by atoms with van der Waals surface area (Å²) in [7, 11) is 0. The van der Waals surface area contributed by atoms with Crippen LogP contribution in [0.5, 0.6) is 11.5 Å². The van der Waals surface area contributed by atoms with Crippen molar-refractivity contribution in [2.24, 2.45) is 5.41 Å². The molecule has 9 nitrogen and oxygen atoms in total. The number of amides is 2. The summed E-state index contributed by atoms with van der Waals surface area (Å²) in [5.41, 5.74) is 0.116. The van der Waals surface area contributed by atoms with Gasteiger partial charge in [0.2, 0.25) is 5.91 Å². The average molecular weight is 580 g/mol. The number of ether oxygens (including phenoxy) is 1. The van der Waals surface area contributed by atoms with E-state index in [1.807, 2.05) is 12.1 Å². The molecule has 1 aromatic heterocycles. The first-order valence-corrected chi connectivity index (χ1v) is 13.5. The molecule has 41 heavy (non-hydrogen) atoms. The second kappa shape index (κ2) is 11.7. The van der Waals surface area contributed by atoms with Gasteiger partial charge in [0, 0.05) is 16.7 Å². The molecule has 2 heterocycles. The van der Waals surface area contributed by atoms with E-state index in [2.05, 4.69) is 21.6 Å². The van der Waals surface area contributed by atoms with Gasteiger partial charge in [0.25, 0.3) is 5.91 Å². The predicted molar refractivity (Wildman–Crippen MR) is 151 cm³/mol. The van der Waals surface area contributed by atoms with E-state index in [0.29, 0.717) is 23.6 Å². The average Bonchev–Trinajstić information content (AvgIpc) is 3.38. The van der Waals surface area contributed by atoms with Crippen molar-refractivity contribution in [1.29, 1.82) is 5.26 Å². The summed E-state index contributed by atoms with van der Waals surface area (Å²) in [6.07, 6.45) is 1.24. The number of likely N-dealkylation sites (tertiary alicyclic amines) is 1. The molecular formula is C30H31ClFN5O4. The Morgan fingerprint density at radius 2 is 1.98 bits per heavy atom. The Kier molecular flexibility index (Phi) is 8.50. The lowest BCUT2D eigenvalue weighted by Crippen LogP contribution is -2.52. The fraction of sp³-hybridized carbons (Fsp3) is 0.367. The number of carbonyl (C=O) groups excluding carboxylic acids is 2. The maximum atomic E-state index is 15.1. The fourth-order valence-electron chi connectivity index (χ4n) is 5.17. The number of aryl methyl sites for hydroxylation is 2. The lowest BCUT2D eigenvalue weighted by atomic mass is 9.84. The van der Waals surface area contributed by atoms with E-state index < -0.39 is 28.7 Å². The van der Waals surface area contributed by atoms with Gasteiger partial charge >= 0.3 is 5.56 Å². The van der Waals surface area contributed by atoms with Crippen molar-refractivity contribution in [3.8, 4) is 17.6 Å². The van der Waals surface area contributed by atoms with Gasteiger partial charge in [0.05, 0.1) is 29.3 Å². The van der Waals surface area contributed by atoms with Crippen LogP contribution < -0.4 is 15.6 Å². The molecule has 0 aliphatic carbocycles. The molecule has 4 rings (SSSR count). The molecule has 2 aromatic carbocycles. The number of hydrogen-bond acceptors (Lipinski definition) is 6. The van der Waals surface area contributed by atoms with Gasteiger partial charge in [0.1, 0.15) is 6.04 Å². The van der Waals surface area contributed by atoms with Crippen molar-refractivity contribution in [2.75, 3.05) is 0 Å². The van der Waals surface area contributed by atoms with Crippen molar-refractivity contribution >= 4 is 23.4 Å². The van der Waals surface area contributed by atoms with Crippen molar-refractivity contribution < 1.29 is 18.7 Å². The van der Waals surface area contributed by atoms with E-state index in [0.717, 1.165) is 11.6 Å². The van der Waals surface area contributed by atoms with Crippen LogP contribution in [-0.4, -0.2) is 39.0 Å². The monoisotopic (exact) mass is 579 g/mol. The van der Waals surface area contributed by atoms with Crippen molar-refractivity contribution in [1.82, 2.24) is 20.4 Å². The summed E-state index contributed by atoms with van der Waals surface area (Å²) in [5.74, 6) is -2.21. The van der Waals surface area contributed by atoms with E-state index in [4.69, 9.17) is 16.3 Å². The molecule has 1 fully saturated rings. The van der Waals surface area contributed by atoms with E-state index in [9.17, 15) is 19.6 Å². The maximum Gasteiger partial charge on any atom is 0.307 e. The van der Waals surface area contributed by atoms with Gasteiger partial charge in [-0.15, -0.1) is 0 Å². The zero-order valence-corrected chi connectivity index (χ0v) is 24.2. The summed E-state index contributed by atoms with van der Waals surface area (Å²) in [4.78, 5) is 40.7. The molecule has 0 saturated carbocycles. The quantitative estimate of drug-likeness (QED) is 0.387. The van der Waals surface area contributed by atoms with Crippen LogP contribution in [0.3, 0.4) is 0 Å². The number of nitriles is 1. The van der Waals surface area contributed by atoms with Crippen LogP contribution in [0, 0.1) is 36.4 Å². The number of carbonyl (C=O) groups is 2. The largest absolute Gasteiger partial charge is 0.448 e. The molecule has 1 aliphatic rings. The molecule has 3 atom stereocenters. The first-order valence-electron chi connectivity index (χ1n) is 13.2. The minimum atomic E-state index is -0.975. The zero-order valence-electron chi connectivity index (χ0n) is 23.4. The first-order chi connectivity index (χ1) is 19.3. The maximum absolute atomic E-state index is 15.1. The van der Waals surface area contributed by atoms with Gasteiger partial charge in [-0.3, -0.25) is 14.4 Å². The summed E-state index contributed by atoms with van der Waals surface area (Å²) < 4.78 is 20.6. The molecule has 0 radical (unpaired) electrons.